The van der Waals surface area contributed by atoms with Gasteiger partial charge < -0.3 is 9.47 Å². The lowest BCUT2D eigenvalue weighted by Crippen LogP contribution is -2.04. The largest absolute Gasteiger partial charge is 0.494 e. The number of esters is 1. The highest BCUT2D eigenvalue weighted by Gasteiger charge is 2.23. The van der Waals surface area contributed by atoms with Gasteiger partial charge in [0, 0.05) is 5.56 Å². The van der Waals surface area contributed by atoms with Crippen molar-refractivity contribution in [3.63, 3.8) is 0 Å². The third kappa shape index (κ3) is 3.66. The lowest BCUT2D eigenvalue weighted by atomic mass is 10.2. The molecular weight excluding hydrogens is 290 g/mol. The van der Waals surface area contributed by atoms with Gasteiger partial charge in [0.25, 0.3) is 0 Å². The number of nitrogens with zero attached hydrogens (tertiary/aromatic N) is 1. The molecule has 0 aliphatic carbocycles. The first-order valence-electron chi connectivity index (χ1n) is 7.57. The van der Waals surface area contributed by atoms with Gasteiger partial charge in [-0.1, -0.05) is 37.3 Å². The van der Waals surface area contributed by atoms with E-state index in [9.17, 15) is 4.79 Å². The van der Waals surface area contributed by atoms with Crippen LogP contribution < -0.4 is 4.74 Å². The summed E-state index contributed by atoms with van der Waals surface area (Å²) in [6.07, 6.45) is 2.68. The van der Waals surface area contributed by atoms with E-state index in [0.29, 0.717) is 18.2 Å². The standard InChI is InChI=1S/C19H17NO3/c1-2-12-22-16-10-8-14(9-11-16)13-17-19(21)23-18(20-17)15-6-4-3-5-7-15/h3-11,13H,2,12H2,1H3/b17-13-. The summed E-state index contributed by atoms with van der Waals surface area (Å²) in [5.41, 5.74) is 1.96. The smallest absolute Gasteiger partial charge is 0.363 e. The maximum Gasteiger partial charge on any atom is 0.363 e. The van der Waals surface area contributed by atoms with E-state index in [1.165, 1.54) is 0 Å². The Balaban J connectivity index is 1.79. The Hall–Kier alpha value is -2.88. The van der Waals surface area contributed by atoms with Gasteiger partial charge in [0.15, 0.2) is 5.70 Å². The number of carbonyl (C=O) groups excluding carboxylic acids is 1. The van der Waals surface area contributed by atoms with Crippen molar-refractivity contribution >= 4 is 17.9 Å². The van der Waals surface area contributed by atoms with Gasteiger partial charge in [-0.05, 0) is 42.3 Å². The second-order valence-corrected chi connectivity index (χ2v) is 5.12. The molecule has 0 radical (unpaired) electrons. The molecule has 4 heteroatoms. The Bertz CT molecular complexity index is 746. The number of benzene rings is 2. The fourth-order valence-corrected chi connectivity index (χ4v) is 2.15. The summed E-state index contributed by atoms with van der Waals surface area (Å²) in [5.74, 6) is 0.719. The molecule has 4 nitrogen and oxygen atoms in total. The van der Waals surface area contributed by atoms with Gasteiger partial charge in [-0.25, -0.2) is 9.79 Å². The zero-order valence-corrected chi connectivity index (χ0v) is 12.9. The minimum atomic E-state index is -0.435. The number of hydrogen-bond donors (Lipinski definition) is 0. The summed E-state index contributed by atoms with van der Waals surface area (Å²) in [4.78, 5) is 16.2. The van der Waals surface area contributed by atoms with Gasteiger partial charge in [-0.3, -0.25) is 0 Å². The van der Waals surface area contributed by atoms with Crippen LogP contribution in [0.4, 0.5) is 0 Å². The minimum absolute atomic E-state index is 0.297. The summed E-state index contributed by atoms with van der Waals surface area (Å²) in [7, 11) is 0. The number of carbonyl (C=O) groups is 1. The van der Waals surface area contributed by atoms with Gasteiger partial charge in [0.2, 0.25) is 5.90 Å². The van der Waals surface area contributed by atoms with Crippen LogP contribution in [0, 0.1) is 0 Å². The third-order valence-electron chi connectivity index (χ3n) is 3.30. The third-order valence-corrected chi connectivity index (χ3v) is 3.30. The van der Waals surface area contributed by atoms with Crippen molar-refractivity contribution in [3.8, 4) is 5.75 Å². The molecule has 23 heavy (non-hydrogen) atoms. The summed E-state index contributed by atoms with van der Waals surface area (Å²) in [5, 5.41) is 0. The fourth-order valence-electron chi connectivity index (χ4n) is 2.15. The van der Waals surface area contributed by atoms with E-state index < -0.39 is 5.97 Å². The molecule has 1 aliphatic rings. The summed E-state index contributed by atoms with van der Waals surface area (Å²) in [6.45, 7) is 2.75. The molecule has 0 N–H and O–H groups in total. The number of rotatable bonds is 5. The Morgan fingerprint density at radius 2 is 1.83 bits per heavy atom. The average Bonchev–Trinajstić information content (AvgIpc) is 2.96. The highest BCUT2D eigenvalue weighted by atomic mass is 16.6. The minimum Gasteiger partial charge on any atom is -0.494 e. The molecule has 0 amide bonds. The van der Waals surface area contributed by atoms with Crippen molar-refractivity contribution in [2.24, 2.45) is 4.99 Å². The predicted octanol–water partition coefficient (Wildman–Crippen LogP) is 3.82. The van der Waals surface area contributed by atoms with E-state index >= 15 is 0 Å². The van der Waals surface area contributed by atoms with E-state index in [0.717, 1.165) is 23.3 Å². The van der Waals surface area contributed by atoms with Gasteiger partial charge in [0.05, 0.1) is 6.61 Å². The van der Waals surface area contributed by atoms with Crippen LogP contribution in [0.5, 0.6) is 5.75 Å². The molecule has 0 fully saturated rings. The lowest BCUT2D eigenvalue weighted by Gasteiger charge is -2.04. The maximum atomic E-state index is 11.9. The number of cyclic esters (lactones) is 1. The first-order valence-corrected chi connectivity index (χ1v) is 7.57. The summed E-state index contributed by atoms with van der Waals surface area (Å²) >= 11 is 0. The summed E-state index contributed by atoms with van der Waals surface area (Å²) in [6, 6.07) is 16.9. The van der Waals surface area contributed by atoms with E-state index in [1.807, 2.05) is 54.6 Å². The van der Waals surface area contributed by atoms with Crippen molar-refractivity contribution in [2.45, 2.75) is 13.3 Å². The lowest BCUT2D eigenvalue weighted by molar-refractivity contribution is -0.129. The van der Waals surface area contributed by atoms with Gasteiger partial charge in [0.1, 0.15) is 5.75 Å². The molecule has 1 aliphatic heterocycles. The molecule has 0 aromatic heterocycles. The Labute approximate surface area is 135 Å². The molecule has 2 aromatic carbocycles. The quantitative estimate of drug-likeness (QED) is 0.623. The van der Waals surface area contributed by atoms with Crippen LogP contribution in [0.3, 0.4) is 0 Å². The van der Waals surface area contributed by atoms with Crippen molar-refractivity contribution < 1.29 is 14.3 Å². The average molecular weight is 307 g/mol. The molecule has 1 heterocycles. The van der Waals surface area contributed by atoms with Gasteiger partial charge >= 0.3 is 5.97 Å². The monoisotopic (exact) mass is 307 g/mol. The topological polar surface area (TPSA) is 47.9 Å². The van der Waals surface area contributed by atoms with Crippen LogP contribution in [0.25, 0.3) is 6.08 Å². The normalized spacial score (nSPS) is 15.4. The number of ether oxygens (including phenoxy) is 2. The van der Waals surface area contributed by atoms with Crippen LogP contribution in [0.2, 0.25) is 0 Å². The zero-order chi connectivity index (χ0) is 16.1. The number of aliphatic imine (C=N–C) groups is 1. The van der Waals surface area contributed by atoms with Gasteiger partial charge in [-0.2, -0.15) is 0 Å². The molecular formula is C19H17NO3. The molecule has 0 spiro atoms. The Morgan fingerprint density at radius 3 is 2.52 bits per heavy atom. The van der Waals surface area contributed by atoms with Crippen molar-refractivity contribution in [2.75, 3.05) is 6.61 Å². The molecule has 0 unspecified atom stereocenters. The molecule has 0 atom stereocenters. The SMILES string of the molecule is CCCOc1ccc(/C=C2\N=C(c3ccccc3)OC2=O)cc1. The van der Waals surface area contributed by atoms with E-state index in [1.54, 1.807) is 6.08 Å². The maximum absolute atomic E-state index is 11.9. The Kier molecular flexibility index (Phi) is 4.52. The Morgan fingerprint density at radius 1 is 1.09 bits per heavy atom. The second-order valence-electron chi connectivity index (χ2n) is 5.12. The molecule has 116 valence electrons. The first-order chi connectivity index (χ1) is 11.3. The van der Waals surface area contributed by atoms with Gasteiger partial charge in [-0.15, -0.1) is 0 Å². The van der Waals surface area contributed by atoms with Crippen LogP contribution in [0.1, 0.15) is 24.5 Å². The van der Waals surface area contributed by atoms with Crippen LogP contribution in [-0.4, -0.2) is 18.5 Å². The second kappa shape index (κ2) is 6.92. The molecule has 0 saturated heterocycles. The van der Waals surface area contributed by atoms with E-state index in [4.69, 9.17) is 9.47 Å². The van der Waals surface area contributed by atoms with E-state index in [2.05, 4.69) is 11.9 Å². The fraction of sp³-hybridized carbons (Fsp3) is 0.158. The van der Waals surface area contributed by atoms with E-state index in [-0.39, 0.29) is 0 Å². The van der Waals surface area contributed by atoms with Crippen molar-refractivity contribution in [1.29, 1.82) is 0 Å². The van der Waals surface area contributed by atoms with Crippen LogP contribution in [0.15, 0.2) is 65.3 Å². The predicted molar refractivity (Wildman–Crippen MR) is 89.3 cm³/mol. The van der Waals surface area contributed by atoms with Crippen molar-refractivity contribution in [1.82, 2.24) is 0 Å². The molecule has 2 aromatic rings. The zero-order valence-electron chi connectivity index (χ0n) is 12.9. The highest BCUT2D eigenvalue weighted by Crippen LogP contribution is 2.20. The van der Waals surface area contributed by atoms with Crippen molar-refractivity contribution in [3.05, 3.63) is 71.4 Å². The first kappa shape index (κ1) is 15.0. The number of hydrogen-bond acceptors (Lipinski definition) is 4. The molecule has 3 rings (SSSR count). The highest BCUT2D eigenvalue weighted by molar-refractivity contribution is 6.12. The summed E-state index contributed by atoms with van der Waals surface area (Å²) < 4.78 is 10.8. The molecule has 0 bridgehead atoms. The molecule has 0 saturated carbocycles. The van der Waals surface area contributed by atoms with Crippen LogP contribution in [-0.2, 0) is 9.53 Å². The van der Waals surface area contributed by atoms with Crippen LogP contribution >= 0.6 is 0 Å².